The number of piperazine rings is 1. The number of nitrogens with zero attached hydrogens (tertiary/aromatic N) is 3. The summed E-state index contributed by atoms with van der Waals surface area (Å²) in [5.41, 5.74) is 1.52. The maximum atomic E-state index is 12.7. The number of carbonyl (C=O) groups is 2. The van der Waals surface area contributed by atoms with E-state index in [4.69, 9.17) is 0 Å². The Morgan fingerprint density at radius 2 is 1.96 bits per heavy atom. The molecule has 0 bridgehead atoms. The van der Waals surface area contributed by atoms with Crippen LogP contribution in [-0.4, -0.2) is 60.4 Å². The largest absolute Gasteiger partial charge is 0.337 e. The first-order valence-corrected chi connectivity index (χ1v) is 9.41. The molecule has 1 unspecified atom stereocenters. The molecule has 4 rings (SSSR count). The van der Waals surface area contributed by atoms with Crippen LogP contribution in [0.25, 0.3) is 0 Å². The van der Waals surface area contributed by atoms with Gasteiger partial charge in [-0.05, 0) is 37.0 Å². The lowest BCUT2D eigenvalue weighted by atomic mass is 9.92. The summed E-state index contributed by atoms with van der Waals surface area (Å²) in [6.45, 7) is 2.40. The number of benzene rings is 1. The molecule has 2 saturated heterocycles. The zero-order chi connectivity index (χ0) is 17.4. The minimum absolute atomic E-state index is 0.0923. The predicted octanol–water partition coefficient (Wildman–Crippen LogP) is 2.31. The van der Waals surface area contributed by atoms with Gasteiger partial charge in [-0.1, -0.05) is 18.2 Å². The third-order valence-corrected chi connectivity index (χ3v) is 6.07. The molecule has 1 aromatic carbocycles. The van der Waals surface area contributed by atoms with Crippen LogP contribution in [0.3, 0.4) is 0 Å². The molecule has 0 saturated carbocycles. The highest BCUT2D eigenvalue weighted by atomic mass is 32.1. The number of rotatable bonds is 2. The topological polar surface area (TPSA) is 43.9 Å². The SMILES string of the molecule is CN1CC(=O)N(c2ccccc2)CC12CCN(C(=O)c1ccsc1)C2. The van der Waals surface area contributed by atoms with E-state index in [1.165, 1.54) is 0 Å². The number of para-hydroxylation sites is 1. The van der Waals surface area contributed by atoms with Crippen LogP contribution >= 0.6 is 11.3 Å². The smallest absolute Gasteiger partial charge is 0.254 e. The van der Waals surface area contributed by atoms with E-state index in [0.29, 0.717) is 19.6 Å². The third kappa shape index (κ3) is 2.85. The van der Waals surface area contributed by atoms with E-state index in [1.807, 2.05) is 64.0 Å². The lowest BCUT2D eigenvalue weighted by Gasteiger charge is -2.46. The third-order valence-electron chi connectivity index (χ3n) is 5.39. The quantitative estimate of drug-likeness (QED) is 0.830. The Kier molecular flexibility index (Phi) is 4.09. The van der Waals surface area contributed by atoms with Crippen molar-refractivity contribution in [1.82, 2.24) is 9.80 Å². The van der Waals surface area contributed by atoms with E-state index in [2.05, 4.69) is 4.90 Å². The van der Waals surface area contributed by atoms with Gasteiger partial charge in [0.25, 0.3) is 5.91 Å². The van der Waals surface area contributed by atoms with Crippen molar-refractivity contribution < 1.29 is 9.59 Å². The zero-order valence-electron chi connectivity index (χ0n) is 14.2. The van der Waals surface area contributed by atoms with Crippen LogP contribution in [0.15, 0.2) is 47.2 Å². The summed E-state index contributed by atoms with van der Waals surface area (Å²) in [6.07, 6.45) is 0.885. The average Bonchev–Trinajstić information content (AvgIpc) is 3.30. The molecule has 5 nitrogen and oxygen atoms in total. The molecule has 2 aliphatic heterocycles. The molecular weight excluding hydrogens is 334 g/mol. The highest BCUT2D eigenvalue weighted by Crippen LogP contribution is 2.34. The number of likely N-dealkylation sites (tertiary alicyclic amines) is 1. The maximum Gasteiger partial charge on any atom is 0.254 e. The number of hydrogen-bond donors (Lipinski definition) is 0. The van der Waals surface area contributed by atoms with Gasteiger partial charge in [0, 0.05) is 30.7 Å². The van der Waals surface area contributed by atoms with Crippen molar-refractivity contribution in [3.8, 4) is 0 Å². The second-order valence-corrected chi connectivity index (χ2v) is 7.66. The first-order valence-electron chi connectivity index (χ1n) is 8.47. The van der Waals surface area contributed by atoms with Crippen molar-refractivity contribution in [2.45, 2.75) is 12.0 Å². The molecule has 25 heavy (non-hydrogen) atoms. The van der Waals surface area contributed by atoms with E-state index in [9.17, 15) is 9.59 Å². The Morgan fingerprint density at radius 3 is 2.68 bits per heavy atom. The summed E-state index contributed by atoms with van der Waals surface area (Å²) in [6, 6.07) is 11.7. The Hall–Kier alpha value is -2.18. The molecule has 0 aliphatic carbocycles. The molecule has 2 aromatic rings. The first-order chi connectivity index (χ1) is 12.1. The highest BCUT2D eigenvalue weighted by molar-refractivity contribution is 7.08. The Labute approximate surface area is 151 Å². The highest BCUT2D eigenvalue weighted by Gasteiger charge is 2.48. The van der Waals surface area contributed by atoms with E-state index < -0.39 is 0 Å². The Bertz CT molecular complexity index is 777. The fourth-order valence-electron chi connectivity index (χ4n) is 3.84. The molecule has 1 aromatic heterocycles. The monoisotopic (exact) mass is 355 g/mol. The number of anilines is 1. The molecule has 3 heterocycles. The van der Waals surface area contributed by atoms with Crippen molar-refractivity contribution in [2.75, 3.05) is 38.1 Å². The van der Waals surface area contributed by atoms with Gasteiger partial charge >= 0.3 is 0 Å². The van der Waals surface area contributed by atoms with Gasteiger partial charge in [-0.25, -0.2) is 0 Å². The molecule has 2 amide bonds. The molecular formula is C19H21N3O2S. The summed E-state index contributed by atoms with van der Waals surface area (Å²) >= 11 is 1.54. The van der Waals surface area contributed by atoms with Gasteiger partial charge in [0.05, 0.1) is 17.6 Å². The van der Waals surface area contributed by atoms with Gasteiger partial charge in [0.15, 0.2) is 0 Å². The molecule has 1 atom stereocenters. The van der Waals surface area contributed by atoms with Crippen LogP contribution in [0.2, 0.25) is 0 Å². The van der Waals surface area contributed by atoms with Crippen LogP contribution < -0.4 is 4.90 Å². The van der Waals surface area contributed by atoms with Crippen molar-refractivity contribution in [3.63, 3.8) is 0 Å². The minimum Gasteiger partial charge on any atom is -0.337 e. The van der Waals surface area contributed by atoms with Crippen molar-refractivity contribution in [3.05, 3.63) is 52.7 Å². The second kappa shape index (κ2) is 6.28. The van der Waals surface area contributed by atoms with Crippen LogP contribution in [0.5, 0.6) is 0 Å². The normalized spacial score (nSPS) is 24.3. The van der Waals surface area contributed by atoms with Crippen LogP contribution in [-0.2, 0) is 4.79 Å². The molecule has 6 heteroatoms. The summed E-state index contributed by atoms with van der Waals surface area (Å²) in [4.78, 5) is 31.2. The van der Waals surface area contributed by atoms with Gasteiger partial charge in [-0.2, -0.15) is 11.3 Å². The molecule has 1 spiro atoms. The number of thiophene rings is 1. The van der Waals surface area contributed by atoms with E-state index in [-0.39, 0.29) is 17.4 Å². The fraction of sp³-hybridized carbons (Fsp3) is 0.368. The lowest BCUT2D eigenvalue weighted by molar-refractivity contribution is -0.123. The number of hydrogen-bond acceptors (Lipinski definition) is 4. The molecule has 0 N–H and O–H groups in total. The number of likely N-dealkylation sites (N-methyl/N-ethyl adjacent to an activating group) is 1. The van der Waals surface area contributed by atoms with E-state index in [1.54, 1.807) is 11.3 Å². The Balaban J connectivity index is 1.56. The minimum atomic E-state index is -0.171. The first kappa shape index (κ1) is 16.3. The number of carbonyl (C=O) groups excluding carboxylic acids is 2. The summed E-state index contributed by atoms with van der Waals surface area (Å²) in [5, 5.41) is 3.83. The van der Waals surface area contributed by atoms with Crippen LogP contribution in [0.1, 0.15) is 16.8 Å². The zero-order valence-corrected chi connectivity index (χ0v) is 15.0. The van der Waals surface area contributed by atoms with E-state index >= 15 is 0 Å². The Morgan fingerprint density at radius 1 is 1.16 bits per heavy atom. The average molecular weight is 355 g/mol. The summed E-state index contributed by atoms with van der Waals surface area (Å²) in [5.74, 6) is 0.205. The molecule has 2 fully saturated rings. The van der Waals surface area contributed by atoms with E-state index in [0.717, 1.165) is 24.2 Å². The lowest BCUT2D eigenvalue weighted by Crippen LogP contribution is -2.64. The van der Waals surface area contributed by atoms with Gasteiger partial charge in [-0.15, -0.1) is 0 Å². The number of amides is 2. The van der Waals surface area contributed by atoms with Gasteiger partial charge in [-0.3, -0.25) is 14.5 Å². The van der Waals surface area contributed by atoms with Crippen molar-refractivity contribution in [1.29, 1.82) is 0 Å². The molecule has 130 valence electrons. The molecule has 0 radical (unpaired) electrons. The summed E-state index contributed by atoms with van der Waals surface area (Å²) < 4.78 is 0. The fourth-order valence-corrected chi connectivity index (χ4v) is 4.47. The van der Waals surface area contributed by atoms with Crippen LogP contribution in [0, 0.1) is 0 Å². The summed E-state index contributed by atoms with van der Waals surface area (Å²) in [7, 11) is 2.00. The van der Waals surface area contributed by atoms with Crippen molar-refractivity contribution in [2.24, 2.45) is 0 Å². The van der Waals surface area contributed by atoms with Gasteiger partial charge in [0.2, 0.25) is 5.91 Å². The molecule has 2 aliphatic rings. The predicted molar refractivity (Wildman–Crippen MR) is 99.0 cm³/mol. The van der Waals surface area contributed by atoms with Crippen molar-refractivity contribution >= 4 is 28.8 Å². The van der Waals surface area contributed by atoms with Gasteiger partial charge < -0.3 is 9.80 Å². The second-order valence-electron chi connectivity index (χ2n) is 6.88. The van der Waals surface area contributed by atoms with Crippen LogP contribution in [0.4, 0.5) is 5.69 Å². The standard InChI is InChI=1S/C19H21N3O2S/c1-20-11-17(23)22(16-5-3-2-4-6-16)14-19(20)8-9-21(13-19)18(24)15-7-10-25-12-15/h2-7,10,12H,8-9,11,13-14H2,1H3. The maximum absolute atomic E-state index is 12.7. The van der Waals surface area contributed by atoms with Gasteiger partial charge in [0.1, 0.15) is 0 Å².